The number of piperidine rings is 1. The molecule has 0 saturated carbocycles. The van der Waals surface area contributed by atoms with Crippen molar-refractivity contribution in [1.29, 1.82) is 0 Å². The van der Waals surface area contributed by atoms with Crippen molar-refractivity contribution in [3.05, 3.63) is 53.0 Å². The molecule has 0 atom stereocenters. The van der Waals surface area contributed by atoms with Crippen LogP contribution in [0, 0.1) is 19.8 Å². The van der Waals surface area contributed by atoms with Crippen molar-refractivity contribution in [3.63, 3.8) is 0 Å². The van der Waals surface area contributed by atoms with Gasteiger partial charge in [0.1, 0.15) is 5.69 Å². The van der Waals surface area contributed by atoms with Gasteiger partial charge < -0.3 is 11.1 Å². The van der Waals surface area contributed by atoms with Gasteiger partial charge in [-0.15, -0.1) is 0 Å². The Hall–Kier alpha value is -3.31. The Morgan fingerprint density at radius 3 is 2.53 bits per heavy atom. The van der Waals surface area contributed by atoms with E-state index in [0.717, 1.165) is 18.5 Å². The summed E-state index contributed by atoms with van der Waals surface area (Å²) in [4.78, 5) is 29.5. The first-order valence-electron chi connectivity index (χ1n) is 12.1. The minimum atomic E-state index is -3.17. The first kappa shape index (κ1) is 25.8. The van der Waals surface area contributed by atoms with E-state index >= 15 is 0 Å². The van der Waals surface area contributed by atoms with Gasteiger partial charge in [-0.25, -0.2) is 17.7 Å². The average Bonchev–Trinajstić information content (AvgIpc) is 3.10. The van der Waals surface area contributed by atoms with Gasteiger partial charge in [0, 0.05) is 25.0 Å². The molecule has 0 radical (unpaired) electrons. The van der Waals surface area contributed by atoms with Gasteiger partial charge in [-0.1, -0.05) is 25.1 Å². The molecule has 2 aromatic heterocycles. The Kier molecular flexibility index (Phi) is 7.41. The second-order valence-corrected chi connectivity index (χ2v) is 11.4. The van der Waals surface area contributed by atoms with E-state index in [4.69, 9.17) is 5.73 Å². The van der Waals surface area contributed by atoms with Crippen molar-refractivity contribution in [1.82, 2.24) is 19.1 Å². The third-order valence-electron chi connectivity index (χ3n) is 6.69. The smallest absolute Gasteiger partial charge is 0.274 e. The Morgan fingerprint density at radius 1 is 1.17 bits per heavy atom. The van der Waals surface area contributed by atoms with Crippen LogP contribution in [-0.2, 0) is 16.6 Å². The monoisotopic (exact) mass is 512 g/mol. The van der Waals surface area contributed by atoms with Crippen molar-refractivity contribution in [3.8, 4) is 0 Å². The maximum absolute atomic E-state index is 13.1. The lowest BCUT2D eigenvalue weighted by atomic mass is 9.98. The van der Waals surface area contributed by atoms with Crippen LogP contribution in [-0.4, -0.2) is 58.1 Å². The summed E-state index contributed by atoms with van der Waals surface area (Å²) in [5.41, 5.74) is 8.45. The van der Waals surface area contributed by atoms with Crippen LogP contribution in [0.2, 0.25) is 0 Å². The number of hydrogen-bond acceptors (Lipinski definition) is 6. The Balaban J connectivity index is 1.48. The van der Waals surface area contributed by atoms with Gasteiger partial charge in [-0.3, -0.25) is 14.3 Å². The van der Waals surface area contributed by atoms with Gasteiger partial charge in [-0.2, -0.15) is 5.10 Å². The molecule has 1 saturated heterocycles. The molecule has 11 heteroatoms. The number of nitrogens with two attached hydrogens (primary N) is 1. The zero-order valence-corrected chi connectivity index (χ0v) is 21.6. The predicted octanol–water partition coefficient (Wildman–Crippen LogP) is 2.85. The summed E-state index contributed by atoms with van der Waals surface area (Å²) in [6.45, 7) is 7.26. The molecule has 0 bridgehead atoms. The Bertz CT molecular complexity index is 1410. The molecule has 3 aromatic rings. The van der Waals surface area contributed by atoms with Crippen molar-refractivity contribution < 1.29 is 18.0 Å². The number of nitrogens with zero attached hydrogens (tertiary/aromatic N) is 4. The zero-order chi connectivity index (χ0) is 26.0. The molecule has 0 spiro atoms. The van der Waals surface area contributed by atoms with Gasteiger partial charge in [0.15, 0.2) is 0 Å². The number of anilines is 1. The van der Waals surface area contributed by atoms with Gasteiger partial charge in [-0.05, 0) is 51.2 Å². The van der Waals surface area contributed by atoms with Crippen LogP contribution in [0.1, 0.15) is 58.4 Å². The van der Waals surface area contributed by atoms with Crippen LogP contribution in [0.15, 0.2) is 30.3 Å². The van der Waals surface area contributed by atoms with Gasteiger partial charge in [0.2, 0.25) is 15.9 Å². The number of carbonyl (C=O) groups is 2. The number of hydrogen-bond donors (Lipinski definition) is 2. The quantitative estimate of drug-likeness (QED) is 0.476. The summed E-state index contributed by atoms with van der Waals surface area (Å²) >= 11 is 0. The largest absolute Gasteiger partial charge is 0.366 e. The van der Waals surface area contributed by atoms with Gasteiger partial charge in [0.05, 0.1) is 33.9 Å². The van der Waals surface area contributed by atoms with Crippen molar-refractivity contribution in [2.24, 2.45) is 11.7 Å². The summed E-state index contributed by atoms with van der Waals surface area (Å²) in [5, 5.41) is 8.11. The number of primary amides is 1. The molecular formula is C25H32N6O4S. The average molecular weight is 513 g/mol. The summed E-state index contributed by atoms with van der Waals surface area (Å²) < 4.78 is 28.1. The molecule has 1 aromatic carbocycles. The fraction of sp³-hybridized carbons (Fsp3) is 0.440. The van der Waals surface area contributed by atoms with E-state index in [1.54, 1.807) is 28.6 Å². The van der Waals surface area contributed by atoms with E-state index in [1.807, 2.05) is 25.5 Å². The van der Waals surface area contributed by atoms with E-state index in [1.165, 1.54) is 6.07 Å². The number of aromatic nitrogens is 3. The fourth-order valence-corrected chi connectivity index (χ4v) is 6.27. The molecule has 10 nitrogen and oxygen atoms in total. The lowest BCUT2D eigenvalue weighted by Crippen LogP contribution is -2.40. The summed E-state index contributed by atoms with van der Waals surface area (Å²) in [6.07, 6.45) is 2.14. The number of nitrogens with one attached hydrogen (secondary N) is 1. The number of aryl methyl sites for hydroxylation is 1. The third-order valence-corrected chi connectivity index (χ3v) is 8.77. The van der Waals surface area contributed by atoms with Crippen LogP contribution >= 0.6 is 0 Å². The Morgan fingerprint density at radius 2 is 1.86 bits per heavy atom. The first-order chi connectivity index (χ1) is 17.1. The number of fused-ring (bicyclic) bond motifs is 1. The third kappa shape index (κ3) is 5.26. The molecule has 3 heterocycles. The van der Waals surface area contributed by atoms with Crippen LogP contribution in [0.4, 0.5) is 5.69 Å². The second-order valence-electron chi connectivity index (χ2n) is 9.28. The van der Waals surface area contributed by atoms with E-state index < -0.39 is 21.8 Å². The zero-order valence-electron chi connectivity index (χ0n) is 20.8. The van der Waals surface area contributed by atoms with E-state index in [-0.39, 0.29) is 17.0 Å². The number of benzene rings is 1. The van der Waals surface area contributed by atoms with Crippen LogP contribution < -0.4 is 11.1 Å². The number of rotatable bonds is 8. The summed E-state index contributed by atoms with van der Waals surface area (Å²) in [6, 6.07) is 8.45. The normalized spacial score (nSPS) is 15.3. The number of carbonyl (C=O) groups excluding carboxylic acids is 2. The molecule has 0 unspecified atom stereocenters. The SMILES string of the molecule is CCCS(=O)(=O)N1CCC(Cn2nc(C)c(NC(=O)c3cc(C(N)=O)c4ccccc4n3)c2C)CC1. The molecule has 1 aliphatic heterocycles. The molecular weight excluding hydrogens is 480 g/mol. The highest BCUT2D eigenvalue weighted by Crippen LogP contribution is 2.26. The van der Waals surface area contributed by atoms with Crippen molar-refractivity contribution >= 4 is 38.4 Å². The minimum absolute atomic E-state index is 0.0923. The highest BCUT2D eigenvalue weighted by Gasteiger charge is 2.28. The standard InChI is InChI=1S/C25H32N6O4S/c1-4-13-36(34,35)30-11-9-18(10-12-30)15-31-17(3)23(16(2)29-31)28-25(33)22-14-20(24(26)32)19-7-5-6-8-21(19)27-22/h5-8,14,18H,4,9-13,15H2,1-3H3,(H2,26,32)(H,28,33). The van der Waals surface area contributed by atoms with Crippen molar-refractivity contribution in [2.75, 3.05) is 24.2 Å². The van der Waals surface area contributed by atoms with Crippen LogP contribution in [0.5, 0.6) is 0 Å². The highest BCUT2D eigenvalue weighted by atomic mass is 32.2. The minimum Gasteiger partial charge on any atom is -0.366 e. The molecule has 2 amide bonds. The molecule has 4 rings (SSSR count). The molecule has 192 valence electrons. The van der Waals surface area contributed by atoms with Crippen molar-refractivity contribution in [2.45, 2.75) is 46.6 Å². The van der Waals surface area contributed by atoms with Gasteiger partial charge >= 0.3 is 0 Å². The van der Waals surface area contributed by atoms with E-state index in [0.29, 0.717) is 54.3 Å². The first-order valence-corrected chi connectivity index (χ1v) is 13.7. The molecule has 3 N–H and O–H groups in total. The topological polar surface area (TPSA) is 140 Å². The summed E-state index contributed by atoms with van der Waals surface area (Å²) in [7, 11) is -3.17. The molecule has 1 aliphatic rings. The lowest BCUT2D eigenvalue weighted by molar-refractivity contribution is 0.100. The van der Waals surface area contributed by atoms with E-state index in [9.17, 15) is 18.0 Å². The second kappa shape index (κ2) is 10.4. The van der Waals surface area contributed by atoms with E-state index in [2.05, 4.69) is 15.4 Å². The van der Waals surface area contributed by atoms with Crippen LogP contribution in [0.3, 0.4) is 0 Å². The van der Waals surface area contributed by atoms with Gasteiger partial charge in [0.25, 0.3) is 5.91 Å². The molecule has 0 aliphatic carbocycles. The predicted molar refractivity (Wildman–Crippen MR) is 138 cm³/mol. The maximum Gasteiger partial charge on any atom is 0.274 e. The summed E-state index contributed by atoms with van der Waals surface area (Å²) in [5.74, 6) is -0.606. The lowest BCUT2D eigenvalue weighted by Gasteiger charge is -2.31. The number of sulfonamides is 1. The van der Waals surface area contributed by atoms with Crippen LogP contribution in [0.25, 0.3) is 10.9 Å². The Labute approximate surface area is 210 Å². The maximum atomic E-state index is 13.1. The molecule has 36 heavy (non-hydrogen) atoms. The number of para-hydroxylation sites is 1. The number of pyridine rings is 1. The number of amides is 2. The fourth-order valence-electron chi connectivity index (χ4n) is 4.73. The highest BCUT2D eigenvalue weighted by molar-refractivity contribution is 7.89. The molecule has 1 fully saturated rings.